The van der Waals surface area contributed by atoms with Crippen molar-refractivity contribution >= 4 is 5.91 Å². The lowest BCUT2D eigenvalue weighted by molar-refractivity contribution is 0.0251. The maximum absolute atomic E-state index is 12.1. The summed E-state index contributed by atoms with van der Waals surface area (Å²) in [6.45, 7) is 1.71. The molecule has 5 heteroatoms. The number of nitrogens with zero attached hydrogens (tertiary/aromatic N) is 1. The van der Waals surface area contributed by atoms with E-state index in [0.29, 0.717) is 24.6 Å². The van der Waals surface area contributed by atoms with Crippen molar-refractivity contribution in [3.05, 3.63) is 23.7 Å². The summed E-state index contributed by atoms with van der Waals surface area (Å²) in [5.74, 6) is 0.919. The fourth-order valence-electron chi connectivity index (χ4n) is 2.07. The second-order valence-electron chi connectivity index (χ2n) is 4.22. The number of carbonyl (C=O) groups excluding carboxylic acids is 1. The quantitative estimate of drug-likeness (QED) is 0.852. The van der Waals surface area contributed by atoms with Crippen LogP contribution in [0, 0.1) is 0 Å². The highest BCUT2D eigenvalue weighted by Crippen LogP contribution is 2.17. The second-order valence-corrected chi connectivity index (χ2v) is 4.22. The van der Waals surface area contributed by atoms with Crippen molar-refractivity contribution in [1.82, 2.24) is 4.90 Å². The number of rotatable bonds is 3. The van der Waals surface area contributed by atoms with Crippen LogP contribution in [0.25, 0.3) is 0 Å². The number of likely N-dealkylation sites (tertiary alicyclic amines) is 1. The van der Waals surface area contributed by atoms with Gasteiger partial charge in [-0.1, -0.05) is 0 Å². The number of nitrogens with two attached hydrogens (primary N) is 1. The predicted octanol–water partition coefficient (Wildman–Crippen LogP) is 0.989. The summed E-state index contributed by atoms with van der Waals surface area (Å²) in [6, 6.07) is 3.42. The van der Waals surface area contributed by atoms with Crippen LogP contribution in [0.4, 0.5) is 0 Å². The van der Waals surface area contributed by atoms with Crippen LogP contribution in [-0.2, 0) is 11.3 Å². The number of furan rings is 1. The molecule has 0 radical (unpaired) electrons. The van der Waals surface area contributed by atoms with Crippen LogP contribution < -0.4 is 5.73 Å². The average molecular weight is 238 g/mol. The molecular formula is C12H18N2O3. The molecule has 1 aromatic heterocycles. The lowest BCUT2D eigenvalue weighted by Crippen LogP contribution is -2.42. The topological polar surface area (TPSA) is 68.7 Å². The Morgan fingerprint density at radius 2 is 2.47 bits per heavy atom. The normalized spacial score (nSPS) is 20.6. The Labute approximate surface area is 101 Å². The Hall–Kier alpha value is -1.33. The largest absolute Gasteiger partial charge is 0.455 e. The Kier molecular flexibility index (Phi) is 3.81. The highest BCUT2D eigenvalue weighted by Gasteiger charge is 2.25. The fourth-order valence-corrected chi connectivity index (χ4v) is 2.07. The second kappa shape index (κ2) is 5.33. The molecule has 2 N–H and O–H groups in total. The summed E-state index contributed by atoms with van der Waals surface area (Å²) in [5, 5.41) is 0. The van der Waals surface area contributed by atoms with Crippen molar-refractivity contribution in [3.8, 4) is 0 Å². The molecule has 17 heavy (non-hydrogen) atoms. The summed E-state index contributed by atoms with van der Waals surface area (Å²) in [7, 11) is 1.68. The van der Waals surface area contributed by atoms with Gasteiger partial charge in [0.05, 0.1) is 12.6 Å². The van der Waals surface area contributed by atoms with Gasteiger partial charge in [-0.3, -0.25) is 4.79 Å². The van der Waals surface area contributed by atoms with Gasteiger partial charge in [-0.25, -0.2) is 0 Å². The monoisotopic (exact) mass is 238 g/mol. The van der Waals surface area contributed by atoms with Crippen molar-refractivity contribution in [1.29, 1.82) is 0 Å². The van der Waals surface area contributed by atoms with E-state index in [1.165, 1.54) is 0 Å². The molecule has 1 saturated heterocycles. The van der Waals surface area contributed by atoms with Gasteiger partial charge in [-0.05, 0) is 25.0 Å². The summed E-state index contributed by atoms with van der Waals surface area (Å²) < 4.78 is 10.6. The first-order valence-corrected chi connectivity index (χ1v) is 5.85. The van der Waals surface area contributed by atoms with Crippen LogP contribution in [-0.4, -0.2) is 37.1 Å². The molecule has 2 heterocycles. The summed E-state index contributed by atoms with van der Waals surface area (Å²) in [4.78, 5) is 13.9. The summed E-state index contributed by atoms with van der Waals surface area (Å²) in [5.41, 5.74) is 5.45. The van der Waals surface area contributed by atoms with E-state index in [1.807, 2.05) is 0 Å². The third-order valence-electron chi connectivity index (χ3n) is 3.07. The SMILES string of the molecule is COC1CCCN(C(=O)c2ccc(CN)o2)C1. The van der Waals surface area contributed by atoms with Gasteiger partial charge in [0.15, 0.2) is 5.76 Å². The van der Waals surface area contributed by atoms with Crippen molar-refractivity contribution in [2.45, 2.75) is 25.5 Å². The third kappa shape index (κ3) is 2.68. The number of amides is 1. The van der Waals surface area contributed by atoms with Crippen LogP contribution in [0.3, 0.4) is 0 Å². The maximum Gasteiger partial charge on any atom is 0.289 e. The molecule has 0 aromatic carbocycles. The Balaban J connectivity index is 2.03. The van der Waals surface area contributed by atoms with Crippen molar-refractivity contribution in [3.63, 3.8) is 0 Å². The van der Waals surface area contributed by atoms with Gasteiger partial charge in [-0.15, -0.1) is 0 Å². The Morgan fingerprint density at radius 1 is 1.65 bits per heavy atom. The molecular weight excluding hydrogens is 220 g/mol. The zero-order valence-corrected chi connectivity index (χ0v) is 10.0. The van der Waals surface area contributed by atoms with Gasteiger partial charge in [0.25, 0.3) is 5.91 Å². The first-order chi connectivity index (χ1) is 8.24. The predicted molar refractivity (Wildman–Crippen MR) is 62.5 cm³/mol. The minimum absolute atomic E-state index is 0.0774. The smallest absolute Gasteiger partial charge is 0.289 e. The molecule has 1 fully saturated rings. The molecule has 0 bridgehead atoms. The molecule has 1 amide bonds. The lowest BCUT2D eigenvalue weighted by atomic mass is 10.1. The first kappa shape index (κ1) is 12.1. The fraction of sp³-hybridized carbons (Fsp3) is 0.583. The van der Waals surface area contributed by atoms with Gasteiger partial charge in [0.1, 0.15) is 5.76 Å². The minimum atomic E-state index is -0.0774. The van der Waals surface area contributed by atoms with Gasteiger partial charge >= 0.3 is 0 Å². The van der Waals surface area contributed by atoms with Gasteiger partial charge in [-0.2, -0.15) is 0 Å². The highest BCUT2D eigenvalue weighted by atomic mass is 16.5. The Morgan fingerprint density at radius 3 is 3.12 bits per heavy atom. The van der Waals surface area contributed by atoms with Crippen LogP contribution in [0.5, 0.6) is 0 Å². The zero-order chi connectivity index (χ0) is 12.3. The van der Waals surface area contributed by atoms with Gasteiger partial charge in [0, 0.05) is 20.2 Å². The van der Waals surface area contributed by atoms with E-state index in [4.69, 9.17) is 14.9 Å². The molecule has 5 nitrogen and oxygen atoms in total. The minimum Gasteiger partial charge on any atom is -0.455 e. The van der Waals surface area contributed by atoms with Gasteiger partial charge < -0.3 is 19.8 Å². The molecule has 2 rings (SSSR count). The number of methoxy groups -OCH3 is 1. The molecule has 0 spiro atoms. The zero-order valence-electron chi connectivity index (χ0n) is 10.0. The van der Waals surface area contributed by atoms with E-state index >= 15 is 0 Å². The number of hydrogen-bond acceptors (Lipinski definition) is 4. The van der Waals surface area contributed by atoms with Crippen LogP contribution in [0.2, 0.25) is 0 Å². The highest BCUT2D eigenvalue weighted by molar-refractivity contribution is 5.91. The van der Waals surface area contributed by atoms with Crippen LogP contribution >= 0.6 is 0 Å². The molecule has 1 unspecified atom stereocenters. The first-order valence-electron chi connectivity index (χ1n) is 5.85. The van der Waals surface area contributed by atoms with E-state index in [0.717, 1.165) is 19.4 Å². The van der Waals surface area contributed by atoms with Crippen LogP contribution in [0.1, 0.15) is 29.2 Å². The molecule has 94 valence electrons. The lowest BCUT2D eigenvalue weighted by Gasteiger charge is -2.31. The van der Waals surface area contributed by atoms with Crippen molar-refractivity contribution < 1.29 is 13.9 Å². The molecule has 1 atom stereocenters. The molecule has 0 aliphatic carbocycles. The standard InChI is InChI=1S/C12H18N2O3/c1-16-10-3-2-6-14(8-10)12(15)11-5-4-9(7-13)17-11/h4-5,10H,2-3,6-8,13H2,1H3. The van der Waals surface area contributed by atoms with E-state index < -0.39 is 0 Å². The summed E-state index contributed by atoms with van der Waals surface area (Å²) >= 11 is 0. The summed E-state index contributed by atoms with van der Waals surface area (Å²) in [6.07, 6.45) is 2.11. The number of ether oxygens (including phenoxy) is 1. The van der Waals surface area contributed by atoms with Crippen LogP contribution in [0.15, 0.2) is 16.5 Å². The maximum atomic E-state index is 12.1. The Bertz CT molecular complexity index is 389. The molecule has 1 aliphatic heterocycles. The van der Waals surface area contributed by atoms with Crippen molar-refractivity contribution in [2.24, 2.45) is 5.73 Å². The van der Waals surface area contributed by atoms with E-state index in [1.54, 1.807) is 24.1 Å². The van der Waals surface area contributed by atoms with Crippen molar-refractivity contribution in [2.75, 3.05) is 20.2 Å². The van der Waals surface area contributed by atoms with E-state index in [9.17, 15) is 4.79 Å². The van der Waals surface area contributed by atoms with E-state index in [-0.39, 0.29) is 12.0 Å². The average Bonchev–Trinajstić information content (AvgIpc) is 2.86. The number of carbonyl (C=O) groups is 1. The molecule has 1 aliphatic rings. The third-order valence-corrected chi connectivity index (χ3v) is 3.07. The number of hydrogen-bond donors (Lipinski definition) is 1. The molecule has 1 aromatic rings. The molecule has 0 saturated carbocycles. The van der Waals surface area contributed by atoms with Gasteiger partial charge in [0.2, 0.25) is 0 Å². The van der Waals surface area contributed by atoms with E-state index in [2.05, 4.69) is 0 Å². The number of piperidine rings is 1.